The molecule has 0 spiro atoms. The number of hydrogen-bond donors (Lipinski definition) is 2. The van der Waals surface area contributed by atoms with Gasteiger partial charge in [0, 0.05) is 5.56 Å². The van der Waals surface area contributed by atoms with Gasteiger partial charge in [0.15, 0.2) is 6.04 Å². The van der Waals surface area contributed by atoms with Gasteiger partial charge in [-0.2, -0.15) is 0 Å². The number of amides is 1. The molecule has 21 heavy (non-hydrogen) atoms. The first-order valence-corrected chi connectivity index (χ1v) is 6.82. The lowest BCUT2D eigenvalue weighted by Crippen LogP contribution is -2.33. The molecule has 0 aromatic heterocycles. The van der Waals surface area contributed by atoms with Gasteiger partial charge in [-0.25, -0.2) is 9.18 Å². The Kier molecular flexibility index (Phi) is 4.70. The molecule has 0 aliphatic carbocycles. The molecular formula is C15H11BrFNO3. The molecule has 2 N–H and O–H groups in total. The van der Waals surface area contributed by atoms with Crippen LogP contribution in [0.3, 0.4) is 0 Å². The molecule has 2 rings (SSSR count). The first-order valence-electron chi connectivity index (χ1n) is 6.02. The average Bonchev–Trinajstić information content (AvgIpc) is 2.48. The number of nitrogens with one attached hydrogen (secondary N) is 1. The zero-order valence-electron chi connectivity index (χ0n) is 10.7. The van der Waals surface area contributed by atoms with Gasteiger partial charge in [0.2, 0.25) is 0 Å². The highest BCUT2D eigenvalue weighted by Crippen LogP contribution is 2.18. The van der Waals surface area contributed by atoms with Crippen LogP contribution in [0.25, 0.3) is 0 Å². The van der Waals surface area contributed by atoms with Crippen LogP contribution in [0, 0.1) is 5.82 Å². The van der Waals surface area contributed by atoms with Crippen LogP contribution in [0.5, 0.6) is 0 Å². The molecule has 0 aliphatic rings. The van der Waals surface area contributed by atoms with E-state index in [1.165, 1.54) is 12.1 Å². The molecule has 0 fully saturated rings. The Morgan fingerprint density at radius 1 is 1.14 bits per heavy atom. The van der Waals surface area contributed by atoms with E-state index in [2.05, 4.69) is 21.2 Å². The monoisotopic (exact) mass is 351 g/mol. The smallest absolute Gasteiger partial charge is 0.330 e. The van der Waals surface area contributed by atoms with Crippen molar-refractivity contribution in [3.63, 3.8) is 0 Å². The van der Waals surface area contributed by atoms with Gasteiger partial charge in [-0.1, -0.05) is 30.3 Å². The van der Waals surface area contributed by atoms with Crippen molar-refractivity contribution < 1.29 is 19.1 Å². The SMILES string of the molecule is O=C(N[C@@H](C(=O)O)c1ccccc1)c1ccc(F)c(Br)c1. The Morgan fingerprint density at radius 2 is 1.81 bits per heavy atom. The second-order valence-electron chi connectivity index (χ2n) is 4.28. The summed E-state index contributed by atoms with van der Waals surface area (Å²) < 4.78 is 13.3. The van der Waals surface area contributed by atoms with Gasteiger partial charge < -0.3 is 10.4 Å². The van der Waals surface area contributed by atoms with Crippen LogP contribution in [0.1, 0.15) is 22.0 Å². The molecule has 6 heteroatoms. The summed E-state index contributed by atoms with van der Waals surface area (Å²) in [5.74, 6) is -2.26. The topological polar surface area (TPSA) is 66.4 Å². The first-order chi connectivity index (χ1) is 9.99. The second-order valence-corrected chi connectivity index (χ2v) is 5.14. The third-order valence-electron chi connectivity index (χ3n) is 2.84. The predicted octanol–water partition coefficient (Wildman–Crippen LogP) is 3.14. The zero-order valence-corrected chi connectivity index (χ0v) is 12.3. The van der Waals surface area contributed by atoms with E-state index in [-0.39, 0.29) is 10.0 Å². The van der Waals surface area contributed by atoms with Crippen molar-refractivity contribution in [1.82, 2.24) is 5.32 Å². The maximum atomic E-state index is 13.1. The maximum Gasteiger partial charge on any atom is 0.330 e. The van der Waals surface area contributed by atoms with Gasteiger partial charge in [0.1, 0.15) is 5.82 Å². The maximum absolute atomic E-state index is 13.1. The van der Waals surface area contributed by atoms with E-state index in [0.29, 0.717) is 5.56 Å². The van der Waals surface area contributed by atoms with Crippen LogP contribution in [-0.4, -0.2) is 17.0 Å². The van der Waals surface area contributed by atoms with Gasteiger partial charge in [-0.15, -0.1) is 0 Å². The van der Waals surface area contributed by atoms with E-state index in [0.717, 1.165) is 6.07 Å². The summed E-state index contributed by atoms with van der Waals surface area (Å²) >= 11 is 2.98. The van der Waals surface area contributed by atoms with E-state index >= 15 is 0 Å². The minimum atomic E-state index is -1.17. The number of aliphatic carboxylic acids is 1. The number of rotatable bonds is 4. The van der Waals surface area contributed by atoms with Crippen LogP contribution >= 0.6 is 15.9 Å². The molecule has 4 nitrogen and oxygen atoms in total. The summed E-state index contributed by atoms with van der Waals surface area (Å²) in [6.45, 7) is 0. The lowest BCUT2D eigenvalue weighted by atomic mass is 10.1. The quantitative estimate of drug-likeness (QED) is 0.889. The molecule has 2 aromatic rings. The van der Waals surface area contributed by atoms with Gasteiger partial charge in [-0.3, -0.25) is 4.79 Å². The lowest BCUT2D eigenvalue weighted by molar-refractivity contribution is -0.139. The first kappa shape index (κ1) is 15.2. The van der Waals surface area contributed by atoms with Crippen molar-refractivity contribution >= 4 is 27.8 Å². The van der Waals surface area contributed by atoms with Crippen molar-refractivity contribution in [2.45, 2.75) is 6.04 Å². The van der Waals surface area contributed by atoms with Crippen LogP contribution in [0.15, 0.2) is 53.0 Å². The Hall–Kier alpha value is -2.21. The Morgan fingerprint density at radius 3 is 2.38 bits per heavy atom. The highest BCUT2D eigenvalue weighted by molar-refractivity contribution is 9.10. The van der Waals surface area contributed by atoms with E-state index in [9.17, 15) is 19.1 Å². The molecular weight excluding hydrogens is 341 g/mol. The van der Waals surface area contributed by atoms with E-state index in [1.54, 1.807) is 30.3 Å². The third-order valence-corrected chi connectivity index (χ3v) is 3.44. The number of hydrogen-bond acceptors (Lipinski definition) is 2. The summed E-state index contributed by atoms with van der Waals surface area (Å²) in [4.78, 5) is 23.4. The number of carbonyl (C=O) groups excluding carboxylic acids is 1. The van der Waals surface area contributed by atoms with Crippen LogP contribution in [-0.2, 0) is 4.79 Å². The molecule has 0 aliphatic heterocycles. The third kappa shape index (κ3) is 3.66. The molecule has 0 saturated carbocycles. The van der Waals surface area contributed by atoms with Gasteiger partial charge in [0.05, 0.1) is 4.47 Å². The fourth-order valence-corrected chi connectivity index (χ4v) is 2.16. The fourth-order valence-electron chi connectivity index (χ4n) is 1.78. The normalized spacial score (nSPS) is 11.7. The fraction of sp³-hybridized carbons (Fsp3) is 0.0667. The Bertz CT molecular complexity index is 676. The number of carboxylic acids is 1. The molecule has 0 unspecified atom stereocenters. The number of halogens is 2. The summed E-state index contributed by atoms with van der Waals surface area (Å²) in [7, 11) is 0. The van der Waals surface area contributed by atoms with Gasteiger partial charge >= 0.3 is 5.97 Å². The Labute approximate surface area is 128 Å². The predicted molar refractivity (Wildman–Crippen MR) is 78.4 cm³/mol. The van der Waals surface area contributed by atoms with Crippen molar-refractivity contribution in [1.29, 1.82) is 0 Å². The molecule has 0 radical (unpaired) electrons. The second kappa shape index (κ2) is 6.49. The van der Waals surface area contributed by atoms with Crippen LogP contribution in [0.2, 0.25) is 0 Å². The van der Waals surface area contributed by atoms with Crippen LogP contribution < -0.4 is 5.32 Å². The molecule has 2 aromatic carbocycles. The Balaban J connectivity index is 2.23. The summed E-state index contributed by atoms with van der Waals surface area (Å²) in [6.07, 6.45) is 0. The van der Waals surface area contributed by atoms with Crippen molar-refractivity contribution in [2.75, 3.05) is 0 Å². The van der Waals surface area contributed by atoms with Crippen molar-refractivity contribution in [3.8, 4) is 0 Å². The largest absolute Gasteiger partial charge is 0.479 e. The summed E-state index contributed by atoms with van der Waals surface area (Å²) in [6, 6.07) is 10.9. The molecule has 108 valence electrons. The minimum Gasteiger partial charge on any atom is -0.479 e. The highest BCUT2D eigenvalue weighted by atomic mass is 79.9. The zero-order chi connectivity index (χ0) is 15.4. The van der Waals surface area contributed by atoms with Gasteiger partial charge in [-0.05, 0) is 39.7 Å². The summed E-state index contributed by atoms with van der Waals surface area (Å²) in [5, 5.41) is 11.7. The lowest BCUT2D eigenvalue weighted by Gasteiger charge is -2.15. The van der Waals surface area contributed by atoms with Crippen molar-refractivity contribution in [2.24, 2.45) is 0 Å². The van der Waals surface area contributed by atoms with E-state index in [4.69, 9.17) is 0 Å². The number of benzene rings is 2. The number of carbonyl (C=O) groups is 2. The molecule has 1 atom stereocenters. The molecule has 0 bridgehead atoms. The van der Waals surface area contributed by atoms with Crippen LogP contribution in [0.4, 0.5) is 4.39 Å². The molecule has 0 saturated heterocycles. The van der Waals surface area contributed by atoms with E-state index < -0.39 is 23.7 Å². The van der Waals surface area contributed by atoms with Gasteiger partial charge in [0.25, 0.3) is 5.91 Å². The molecule has 1 amide bonds. The van der Waals surface area contributed by atoms with E-state index in [1.807, 2.05) is 0 Å². The molecule has 0 heterocycles. The minimum absolute atomic E-state index is 0.140. The summed E-state index contributed by atoms with van der Waals surface area (Å²) in [5.41, 5.74) is 0.630. The standard InChI is InChI=1S/C15H11BrFNO3/c16-11-8-10(6-7-12(11)17)14(19)18-13(15(20)21)9-4-2-1-3-5-9/h1-8,13H,(H,18,19)(H,20,21)/t13-/m1/s1. The number of carboxylic acid groups (broad SMARTS) is 1. The highest BCUT2D eigenvalue weighted by Gasteiger charge is 2.22. The van der Waals surface area contributed by atoms with Crippen molar-refractivity contribution in [3.05, 3.63) is 69.9 Å². The average molecular weight is 352 g/mol.